The molecule has 0 saturated heterocycles. The number of H-pyrrole nitrogens is 1. The first kappa shape index (κ1) is 13.0. The van der Waals surface area contributed by atoms with E-state index in [1.807, 2.05) is 0 Å². The highest BCUT2D eigenvalue weighted by Crippen LogP contribution is 2.25. The topological polar surface area (TPSA) is 112 Å². The maximum Gasteiger partial charge on any atom is 0.308 e. The molecule has 1 aromatic rings. The van der Waals surface area contributed by atoms with E-state index in [0.717, 1.165) is 12.8 Å². The molecular weight excluding hydrogens is 258 g/mol. The number of imidazole rings is 1. The van der Waals surface area contributed by atoms with Crippen LogP contribution in [0.5, 0.6) is 0 Å². The molecule has 1 saturated carbocycles. The second-order valence-electron chi connectivity index (χ2n) is 4.37. The van der Waals surface area contributed by atoms with Gasteiger partial charge in [-0.1, -0.05) is 12.8 Å². The van der Waals surface area contributed by atoms with Crippen molar-refractivity contribution in [1.29, 1.82) is 0 Å². The number of aromatic nitrogens is 2. The lowest BCUT2D eigenvalue weighted by Gasteiger charge is -2.28. The molecule has 2 rings (SSSR count). The third kappa shape index (κ3) is 2.70. The third-order valence-corrected chi connectivity index (χ3v) is 4.57. The zero-order valence-corrected chi connectivity index (χ0v) is 10.5. The summed E-state index contributed by atoms with van der Waals surface area (Å²) < 4.78 is 26.4. The van der Waals surface area contributed by atoms with E-state index in [9.17, 15) is 13.2 Å². The van der Waals surface area contributed by atoms with Crippen molar-refractivity contribution in [2.75, 3.05) is 0 Å². The van der Waals surface area contributed by atoms with Gasteiger partial charge in [0.25, 0.3) is 10.0 Å². The maximum absolute atomic E-state index is 12.0. The maximum atomic E-state index is 12.0. The summed E-state index contributed by atoms with van der Waals surface area (Å²) in [5, 5.41) is 9.04. The molecule has 100 valence electrons. The van der Waals surface area contributed by atoms with E-state index in [4.69, 9.17) is 5.11 Å². The summed E-state index contributed by atoms with van der Waals surface area (Å²) in [5.74, 6) is -1.61. The van der Waals surface area contributed by atoms with Crippen molar-refractivity contribution in [3.63, 3.8) is 0 Å². The van der Waals surface area contributed by atoms with E-state index in [1.165, 1.54) is 12.5 Å². The molecular formula is C10H15N3O4S. The van der Waals surface area contributed by atoms with Gasteiger partial charge in [-0.05, 0) is 12.8 Å². The summed E-state index contributed by atoms with van der Waals surface area (Å²) >= 11 is 0. The van der Waals surface area contributed by atoms with Crippen molar-refractivity contribution < 1.29 is 18.3 Å². The summed E-state index contributed by atoms with van der Waals surface area (Å²) in [5.41, 5.74) is 0. The summed E-state index contributed by atoms with van der Waals surface area (Å²) in [6, 6.07) is -0.551. The van der Waals surface area contributed by atoms with Gasteiger partial charge in [0.15, 0.2) is 5.03 Å². The average Bonchev–Trinajstić information content (AvgIpc) is 2.83. The quantitative estimate of drug-likeness (QED) is 0.732. The Bertz CT molecular complexity index is 511. The normalized spacial score (nSPS) is 24.9. The van der Waals surface area contributed by atoms with E-state index in [2.05, 4.69) is 14.7 Å². The van der Waals surface area contributed by atoms with Crippen LogP contribution in [0.3, 0.4) is 0 Å². The molecule has 0 spiro atoms. The minimum absolute atomic E-state index is 0.0442. The largest absolute Gasteiger partial charge is 0.481 e. The molecule has 1 heterocycles. The Kier molecular flexibility index (Phi) is 3.67. The smallest absolute Gasteiger partial charge is 0.308 e. The van der Waals surface area contributed by atoms with Gasteiger partial charge in [0.05, 0.1) is 18.4 Å². The number of rotatable bonds is 4. The molecule has 3 N–H and O–H groups in total. The molecule has 2 atom stereocenters. The molecule has 8 heteroatoms. The number of carboxylic acids is 1. The number of nitrogens with zero attached hydrogens (tertiary/aromatic N) is 1. The third-order valence-electron chi connectivity index (χ3n) is 3.15. The van der Waals surface area contributed by atoms with E-state index >= 15 is 0 Å². The van der Waals surface area contributed by atoms with E-state index < -0.39 is 28.0 Å². The Labute approximate surface area is 105 Å². The van der Waals surface area contributed by atoms with Crippen LogP contribution in [0.1, 0.15) is 25.7 Å². The summed E-state index contributed by atoms with van der Waals surface area (Å²) in [6.45, 7) is 0. The fourth-order valence-corrected chi connectivity index (χ4v) is 3.44. The monoisotopic (exact) mass is 273 g/mol. The first-order valence-corrected chi connectivity index (χ1v) is 7.22. The Morgan fingerprint density at radius 1 is 1.44 bits per heavy atom. The lowest BCUT2D eigenvalue weighted by molar-refractivity contribution is -0.143. The molecule has 0 aliphatic heterocycles. The molecule has 0 aromatic carbocycles. The van der Waals surface area contributed by atoms with E-state index in [1.54, 1.807) is 0 Å². The van der Waals surface area contributed by atoms with Crippen molar-refractivity contribution >= 4 is 16.0 Å². The van der Waals surface area contributed by atoms with Gasteiger partial charge < -0.3 is 10.1 Å². The van der Waals surface area contributed by atoms with Gasteiger partial charge in [0.2, 0.25) is 0 Å². The zero-order valence-electron chi connectivity index (χ0n) is 9.67. The highest BCUT2D eigenvalue weighted by atomic mass is 32.2. The molecule has 1 aliphatic rings. The van der Waals surface area contributed by atoms with Crippen LogP contribution in [0.15, 0.2) is 17.6 Å². The van der Waals surface area contributed by atoms with Crippen LogP contribution in [0.4, 0.5) is 0 Å². The standard InChI is InChI=1S/C10H15N3O4S/c14-10(15)7-3-1-2-4-8(7)13-18(16,17)9-5-11-6-12-9/h5-8,13H,1-4H2,(H,11,12)(H,14,15). The first-order chi connectivity index (χ1) is 8.50. The van der Waals surface area contributed by atoms with Crippen LogP contribution < -0.4 is 4.72 Å². The summed E-state index contributed by atoms with van der Waals surface area (Å²) in [4.78, 5) is 17.2. The number of carboxylic acid groups (broad SMARTS) is 1. The molecule has 0 amide bonds. The minimum Gasteiger partial charge on any atom is -0.481 e. The average molecular weight is 273 g/mol. The van der Waals surface area contributed by atoms with E-state index in [-0.39, 0.29) is 5.03 Å². The number of nitrogens with one attached hydrogen (secondary N) is 2. The number of aromatic amines is 1. The number of sulfonamides is 1. The second-order valence-corrected chi connectivity index (χ2v) is 6.06. The zero-order chi connectivity index (χ0) is 13.2. The van der Waals surface area contributed by atoms with Gasteiger partial charge in [-0.3, -0.25) is 4.79 Å². The molecule has 7 nitrogen and oxygen atoms in total. The van der Waals surface area contributed by atoms with Crippen molar-refractivity contribution in [2.45, 2.75) is 36.8 Å². The Morgan fingerprint density at radius 3 is 2.78 bits per heavy atom. The number of carbonyl (C=O) groups is 1. The Balaban J connectivity index is 2.14. The molecule has 18 heavy (non-hydrogen) atoms. The van der Waals surface area contributed by atoms with E-state index in [0.29, 0.717) is 12.8 Å². The number of hydrogen-bond acceptors (Lipinski definition) is 4. The van der Waals surface area contributed by atoms with Crippen LogP contribution in [0.25, 0.3) is 0 Å². The molecule has 0 radical (unpaired) electrons. The Hall–Kier alpha value is -1.41. The van der Waals surface area contributed by atoms with Crippen molar-refractivity contribution in [3.05, 3.63) is 12.5 Å². The first-order valence-electron chi connectivity index (χ1n) is 5.74. The molecule has 2 unspecified atom stereocenters. The van der Waals surface area contributed by atoms with Gasteiger partial charge in [0.1, 0.15) is 0 Å². The van der Waals surface area contributed by atoms with Crippen molar-refractivity contribution in [2.24, 2.45) is 5.92 Å². The van der Waals surface area contributed by atoms with Crippen LogP contribution >= 0.6 is 0 Å². The molecule has 1 fully saturated rings. The summed E-state index contributed by atoms with van der Waals surface area (Å²) in [7, 11) is -3.71. The van der Waals surface area contributed by atoms with Crippen molar-refractivity contribution in [3.8, 4) is 0 Å². The molecule has 1 aromatic heterocycles. The van der Waals surface area contributed by atoms with Gasteiger partial charge >= 0.3 is 5.97 Å². The number of hydrogen-bond donors (Lipinski definition) is 3. The van der Waals surface area contributed by atoms with Crippen LogP contribution in [0, 0.1) is 5.92 Å². The minimum atomic E-state index is -3.71. The Morgan fingerprint density at radius 2 is 2.17 bits per heavy atom. The second kappa shape index (κ2) is 5.07. The predicted octanol–water partition coefficient (Wildman–Crippen LogP) is 0.331. The highest BCUT2D eigenvalue weighted by Gasteiger charge is 2.34. The summed E-state index contributed by atoms with van der Waals surface area (Å²) in [6.07, 6.45) is 5.17. The van der Waals surface area contributed by atoms with Gasteiger partial charge in [-0.15, -0.1) is 0 Å². The number of aliphatic carboxylic acids is 1. The highest BCUT2D eigenvalue weighted by molar-refractivity contribution is 7.89. The van der Waals surface area contributed by atoms with Crippen LogP contribution in [0.2, 0.25) is 0 Å². The lowest BCUT2D eigenvalue weighted by Crippen LogP contribution is -2.45. The fraction of sp³-hybridized carbons (Fsp3) is 0.600. The predicted molar refractivity (Wildman–Crippen MR) is 62.3 cm³/mol. The van der Waals surface area contributed by atoms with Gasteiger partial charge in [0, 0.05) is 6.04 Å². The fourth-order valence-electron chi connectivity index (χ4n) is 2.22. The molecule has 1 aliphatic carbocycles. The van der Waals surface area contributed by atoms with Crippen LogP contribution in [-0.2, 0) is 14.8 Å². The van der Waals surface area contributed by atoms with Crippen molar-refractivity contribution in [1.82, 2.24) is 14.7 Å². The van der Waals surface area contributed by atoms with Gasteiger partial charge in [-0.25, -0.2) is 18.1 Å². The SMILES string of the molecule is O=C(O)C1CCCCC1NS(=O)(=O)c1cnc[nH]1. The van der Waals surface area contributed by atoms with Crippen LogP contribution in [-0.4, -0.2) is 35.5 Å². The molecule has 0 bridgehead atoms. The van der Waals surface area contributed by atoms with Gasteiger partial charge in [-0.2, -0.15) is 0 Å². The lowest BCUT2D eigenvalue weighted by atomic mass is 9.85.